The van der Waals surface area contributed by atoms with Gasteiger partial charge in [0.1, 0.15) is 15.9 Å². The van der Waals surface area contributed by atoms with Gasteiger partial charge in [-0.15, -0.1) is 0 Å². The number of aromatic amines is 1. The Kier molecular flexibility index (Phi) is 17.5. The molecule has 0 atom stereocenters. The summed E-state index contributed by atoms with van der Waals surface area (Å²) in [6.07, 6.45) is 10.4. The summed E-state index contributed by atoms with van der Waals surface area (Å²) in [6, 6.07) is 2.72. The molecule has 186 valence electrons. The third-order valence-corrected chi connectivity index (χ3v) is 7.58. The number of hydrogen-bond donors (Lipinski definition) is 1. The second-order valence-corrected chi connectivity index (χ2v) is 11.8. The number of H-pyrrole nitrogens is 1. The maximum absolute atomic E-state index is 11.8. The van der Waals surface area contributed by atoms with Crippen LogP contribution in [0.15, 0.2) is 17.0 Å². The molecule has 8 nitrogen and oxygen atoms in total. The van der Waals surface area contributed by atoms with Gasteiger partial charge < -0.3 is 14.1 Å². The topological polar surface area (TPSA) is 143 Å². The molecule has 1 N–H and O–H groups in total. The molecule has 0 fully saturated rings. The van der Waals surface area contributed by atoms with Gasteiger partial charge in [-0.3, -0.25) is 0 Å². The molecule has 13 heteroatoms. The van der Waals surface area contributed by atoms with Crippen molar-refractivity contribution in [3.63, 3.8) is 0 Å². The Morgan fingerprint density at radius 1 is 0.943 bits per heavy atom. The van der Waals surface area contributed by atoms with Gasteiger partial charge in [-0.1, -0.05) is 64.1 Å². The maximum atomic E-state index is 11.8. The first-order chi connectivity index (χ1) is 15.5. The van der Waals surface area contributed by atoms with Gasteiger partial charge in [0, 0.05) is 24.2 Å². The predicted octanol–water partition coefficient (Wildman–Crippen LogP) is -1.60. The van der Waals surface area contributed by atoms with Crippen molar-refractivity contribution in [2.24, 2.45) is 0 Å². The quantitative estimate of drug-likeness (QED) is 0.112. The molecule has 0 aliphatic carbocycles. The molecular weight excluding hydrogens is 530 g/mol. The zero-order chi connectivity index (χ0) is 24.5. The van der Waals surface area contributed by atoms with E-state index in [-0.39, 0.29) is 88.8 Å². The second-order valence-electron chi connectivity index (χ2n) is 8.38. The molecule has 0 saturated heterocycles. The minimum absolute atomic E-state index is 0. The third kappa shape index (κ3) is 13.3. The fraction of sp³-hybridized carbons (Fsp3) is 0.636. The van der Waals surface area contributed by atoms with E-state index >= 15 is 0 Å². The third-order valence-electron chi connectivity index (χ3n) is 5.53. The summed E-state index contributed by atoms with van der Waals surface area (Å²) < 4.78 is 67.9. The van der Waals surface area contributed by atoms with Crippen LogP contribution >= 0.6 is 12.2 Å². The summed E-state index contributed by atoms with van der Waals surface area (Å²) in [7, 11) is -9.05. The van der Waals surface area contributed by atoms with E-state index in [0.29, 0.717) is 28.1 Å². The zero-order valence-electron chi connectivity index (χ0n) is 21.0. The zero-order valence-corrected chi connectivity index (χ0v) is 27.4. The summed E-state index contributed by atoms with van der Waals surface area (Å²) in [4.78, 5) is 7.72. The van der Waals surface area contributed by atoms with E-state index in [9.17, 15) is 25.9 Å². The van der Waals surface area contributed by atoms with Crippen LogP contribution in [0.2, 0.25) is 0 Å². The van der Waals surface area contributed by atoms with Gasteiger partial charge in [-0.05, 0) is 36.3 Å². The van der Waals surface area contributed by atoms with Crippen LogP contribution in [-0.2, 0) is 33.1 Å². The number of unbranched alkanes of at least 4 members (excludes halogenated alkanes) is 7. The van der Waals surface area contributed by atoms with E-state index in [1.165, 1.54) is 44.2 Å². The Morgan fingerprint density at radius 3 is 2.11 bits per heavy atom. The summed E-state index contributed by atoms with van der Waals surface area (Å²) in [6.45, 7) is 2.19. The average molecular weight is 563 g/mol. The van der Waals surface area contributed by atoms with Crippen molar-refractivity contribution in [3.05, 3.63) is 23.5 Å². The van der Waals surface area contributed by atoms with Crippen LogP contribution in [0, 0.1) is 0 Å². The van der Waals surface area contributed by atoms with E-state index in [1.807, 2.05) is 0 Å². The Bertz CT molecular complexity index is 1150. The molecule has 0 radical (unpaired) electrons. The molecule has 0 bridgehead atoms. The summed E-state index contributed by atoms with van der Waals surface area (Å²) in [5.41, 5.74) is 1.14. The van der Waals surface area contributed by atoms with Gasteiger partial charge in [0.2, 0.25) is 0 Å². The average Bonchev–Trinajstić information content (AvgIpc) is 3.11. The molecule has 1 heterocycles. The van der Waals surface area contributed by atoms with Crippen LogP contribution in [0.25, 0.3) is 11.0 Å². The smallest absolute Gasteiger partial charge is 0.748 e. The molecule has 1 aromatic carbocycles. The number of imidazole rings is 1. The molecule has 2 aromatic rings. The minimum Gasteiger partial charge on any atom is -0.748 e. The van der Waals surface area contributed by atoms with Crippen LogP contribution in [0.4, 0.5) is 0 Å². The SMILES string of the molecule is CCCCCCCCCCC(=S)Cc1c(S(=O)(=O)[O-])ccc2[nH]c(CCCS(=O)(=O)[O-])nc12.[Na+].[Na+]. The van der Waals surface area contributed by atoms with Gasteiger partial charge in [0.25, 0.3) is 0 Å². The predicted molar refractivity (Wildman–Crippen MR) is 130 cm³/mol. The van der Waals surface area contributed by atoms with Gasteiger partial charge >= 0.3 is 59.1 Å². The minimum atomic E-state index is -4.72. The van der Waals surface area contributed by atoms with Crippen LogP contribution in [0.5, 0.6) is 0 Å². The number of aryl methyl sites for hydroxylation is 1. The molecule has 0 saturated carbocycles. The number of fused-ring (bicyclic) bond motifs is 1. The first kappa shape index (κ1) is 35.6. The van der Waals surface area contributed by atoms with Crippen molar-refractivity contribution in [2.75, 3.05) is 5.75 Å². The van der Waals surface area contributed by atoms with Crippen molar-refractivity contribution in [1.29, 1.82) is 0 Å². The fourth-order valence-electron chi connectivity index (χ4n) is 3.85. The van der Waals surface area contributed by atoms with Crippen molar-refractivity contribution >= 4 is 48.4 Å². The van der Waals surface area contributed by atoms with Crippen LogP contribution in [-0.4, -0.2) is 46.5 Å². The number of benzene rings is 1. The van der Waals surface area contributed by atoms with Gasteiger partial charge in [-0.25, -0.2) is 21.8 Å². The Labute approximate surface area is 258 Å². The maximum Gasteiger partial charge on any atom is 1.00 e. The summed E-state index contributed by atoms with van der Waals surface area (Å²) >= 11 is 5.50. The van der Waals surface area contributed by atoms with Crippen molar-refractivity contribution in [3.8, 4) is 0 Å². The first-order valence-electron chi connectivity index (χ1n) is 11.4. The van der Waals surface area contributed by atoms with Crippen molar-refractivity contribution < 1.29 is 85.1 Å². The Hall–Kier alpha value is 0.600. The largest absolute Gasteiger partial charge is 1.00 e. The van der Waals surface area contributed by atoms with Crippen molar-refractivity contribution in [2.45, 2.75) is 88.9 Å². The van der Waals surface area contributed by atoms with Crippen LogP contribution in [0.1, 0.15) is 82.5 Å². The number of rotatable bonds is 16. The summed E-state index contributed by atoms with van der Waals surface area (Å²) in [5.74, 6) is -0.0934. The number of aromatic nitrogens is 2. The number of nitrogens with one attached hydrogen (secondary N) is 1. The number of nitrogens with zero attached hydrogens (tertiary/aromatic N) is 1. The molecule has 2 rings (SSSR count). The first-order valence-corrected chi connectivity index (χ1v) is 14.8. The van der Waals surface area contributed by atoms with Crippen molar-refractivity contribution in [1.82, 2.24) is 9.97 Å². The van der Waals surface area contributed by atoms with Crippen LogP contribution < -0.4 is 59.1 Å². The van der Waals surface area contributed by atoms with Gasteiger partial charge in [0.05, 0.1) is 26.0 Å². The molecule has 0 aliphatic heterocycles. The van der Waals surface area contributed by atoms with E-state index in [2.05, 4.69) is 16.9 Å². The molecule has 0 unspecified atom stereocenters. The monoisotopic (exact) mass is 562 g/mol. The standard InChI is InChI=1S/C22H34N2O6S3.2Na/c1-2-3-4-5-6-7-8-9-11-17(31)16-18-20(33(28,29)30)14-13-19-22(18)24-21(23-19)12-10-15-32(25,26)27;;/h13-14H,2-12,15-16H2,1H3,(H,23,24)(H,25,26,27)(H,28,29,30);;/q;2*+1/p-2. The number of hydrogen-bond acceptors (Lipinski definition) is 8. The molecule has 0 spiro atoms. The Balaban J connectivity index is 0.00000578. The van der Waals surface area contributed by atoms with Crippen LogP contribution in [0.3, 0.4) is 0 Å². The fourth-order valence-corrected chi connectivity index (χ4v) is 5.34. The van der Waals surface area contributed by atoms with E-state index < -0.39 is 26.0 Å². The van der Waals surface area contributed by atoms with Gasteiger partial charge in [0.15, 0.2) is 0 Å². The Morgan fingerprint density at radius 2 is 1.54 bits per heavy atom. The molecule has 0 aliphatic rings. The summed E-state index contributed by atoms with van der Waals surface area (Å²) in [5, 5.41) is 0. The van der Waals surface area contributed by atoms with E-state index in [4.69, 9.17) is 12.2 Å². The molecule has 1 aromatic heterocycles. The van der Waals surface area contributed by atoms with E-state index in [1.54, 1.807) is 0 Å². The normalized spacial score (nSPS) is 11.7. The number of thiocarbonyl (C=S) groups is 1. The van der Waals surface area contributed by atoms with Gasteiger partial charge in [-0.2, -0.15) is 0 Å². The molecule has 35 heavy (non-hydrogen) atoms. The van der Waals surface area contributed by atoms with E-state index in [0.717, 1.165) is 19.3 Å². The molecule has 0 amide bonds. The molecular formula is C22H32N2Na2O6S3. The second kappa shape index (κ2) is 17.2.